The van der Waals surface area contributed by atoms with Crippen LogP contribution in [0.15, 0.2) is 48.7 Å². The number of carbonyl (C=O) groups is 1. The maximum atomic E-state index is 12.8. The van der Waals surface area contributed by atoms with Crippen LogP contribution in [0.25, 0.3) is 5.82 Å². The number of rotatable bonds is 7. The van der Waals surface area contributed by atoms with Crippen LogP contribution in [-0.2, 0) is 11.2 Å². The minimum atomic E-state index is -0.312. The molecule has 26 heavy (non-hydrogen) atoms. The van der Waals surface area contributed by atoms with Crippen molar-refractivity contribution in [2.45, 2.75) is 13.3 Å². The molecule has 0 bridgehead atoms. The zero-order chi connectivity index (χ0) is 18.4. The Balaban J connectivity index is 1.40. The van der Waals surface area contributed by atoms with Crippen molar-refractivity contribution >= 4 is 11.7 Å². The van der Waals surface area contributed by atoms with E-state index < -0.39 is 0 Å². The van der Waals surface area contributed by atoms with E-state index in [1.807, 2.05) is 25.3 Å². The molecule has 1 amide bonds. The molecule has 7 nitrogen and oxygen atoms in total. The molecule has 0 aliphatic carbocycles. The smallest absolute Gasteiger partial charge is 0.224 e. The second-order valence-electron chi connectivity index (χ2n) is 5.76. The van der Waals surface area contributed by atoms with Crippen LogP contribution in [0.2, 0.25) is 0 Å². The summed E-state index contributed by atoms with van der Waals surface area (Å²) in [6, 6.07) is 11.4. The van der Waals surface area contributed by atoms with Gasteiger partial charge in [0.15, 0.2) is 5.82 Å². The molecule has 0 fully saturated rings. The van der Waals surface area contributed by atoms with Crippen molar-refractivity contribution in [1.82, 2.24) is 25.3 Å². The predicted octanol–water partition coefficient (Wildman–Crippen LogP) is 1.88. The lowest BCUT2D eigenvalue weighted by atomic mass is 10.1. The molecule has 0 saturated heterocycles. The van der Waals surface area contributed by atoms with Gasteiger partial charge in [0.25, 0.3) is 0 Å². The number of halogens is 1. The molecule has 2 N–H and O–H groups in total. The van der Waals surface area contributed by atoms with E-state index >= 15 is 0 Å². The molecular weight excluding hydrogens is 335 g/mol. The largest absolute Gasteiger partial charge is 0.367 e. The summed E-state index contributed by atoms with van der Waals surface area (Å²) in [4.78, 5) is 11.8. The van der Waals surface area contributed by atoms with Gasteiger partial charge in [0.2, 0.25) is 5.91 Å². The monoisotopic (exact) mass is 354 g/mol. The molecule has 0 radical (unpaired) electrons. The second-order valence-corrected chi connectivity index (χ2v) is 5.76. The lowest BCUT2D eigenvalue weighted by Gasteiger charge is -2.08. The van der Waals surface area contributed by atoms with Crippen molar-refractivity contribution in [3.63, 3.8) is 0 Å². The molecule has 0 saturated carbocycles. The number of amides is 1. The highest BCUT2D eigenvalue weighted by Gasteiger charge is 2.04. The number of aryl methyl sites for hydroxylation is 1. The zero-order valence-corrected chi connectivity index (χ0v) is 14.3. The van der Waals surface area contributed by atoms with Gasteiger partial charge in [-0.25, -0.2) is 9.07 Å². The first-order valence-electron chi connectivity index (χ1n) is 8.21. The fraction of sp³-hybridized carbons (Fsp3) is 0.222. The van der Waals surface area contributed by atoms with E-state index in [9.17, 15) is 9.18 Å². The minimum absolute atomic E-state index is 0.117. The standard InChI is InChI=1S/C18H19FN6O/c1-13-8-11-25(24-13)17-7-6-16(22-23-17)20-9-10-21-18(26)12-14-2-4-15(19)5-3-14/h2-8,11H,9-10,12H2,1H3,(H,20,22)(H,21,26). The van der Waals surface area contributed by atoms with Crippen LogP contribution >= 0.6 is 0 Å². The van der Waals surface area contributed by atoms with E-state index in [4.69, 9.17) is 0 Å². The van der Waals surface area contributed by atoms with E-state index in [-0.39, 0.29) is 18.1 Å². The molecule has 1 aromatic carbocycles. The minimum Gasteiger partial charge on any atom is -0.367 e. The molecule has 2 aromatic heterocycles. The van der Waals surface area contributed by atoms with Crippen LogP contribution in [0.1, 0.15) is 11.3 Å². The number of anilines is 1. The van der Waals surface area contributed by atoms with Crippen LogP contribution in [0.3, 0.4) is 0 Å². The van der Waals surface area contributed by atoms with Crippen LogP contribution in [0.4, 0.5) is 10.2 Å². The van der Waals surface area contributed by atoms with Crippen LogP contribution < -0.4 is 10.6 Å². The van der Waals surface area contributed by atoms with Gasteiger partial charge in [-0.3, -0.25) is 4.79 Å². The Morgan fingerprint density at radius 2 is 1.88 bits per heavy atom. The Hall–Kier alpha value is -3.29. The Morgan fingerprint density at radius 1 is 1.08 bits per heavy atom. The zero-order valence-electron chi connectivity index (χ0n) is 14.3. The summed E-state index contributed by atoms with van der Waals surface area (Å²) in [5.41, 5.74) is 1.68. The van der Waals surface area contributed by atoms with Gasteiger partial charge in [-0.2, -0.15) is 5.10 Å². The highest BCUT2D eigenvalue weighted by molar-refractivity contribution is 5.78. The van der Waals surface area contributed by atoms with Crippen LogP contribution in [0, 0.1) is 12.7 Å². The maximum absolute atomic E-state index is 12.8. The lowest BCUT2D eigenvalue weighted by molar-refractivity contribution is -0.120. The third-order valence-electron chi connectivity index (χ3n) is 3.64. The van der Waals surface area contributed by atoms with Gasteiger partial charge in [0.1, 0.15) is 11.6 Å². The van der Waals surface area contributed by atoms with Crippen LogP contribution in [-0.4, -0.2) is 39.0 Å². The second kappa shape index (κ2) is 8.19. The van der Waals surface area contributed by atoms with E-state index in [1.54, 1.807) is 22.9 Å². The maximum Gasteiger partial charge on any atom is 0.224 e. The van der Waals surface area contributed by atoms with Gasteiger partial charge in [-0.05, 0) is 42.8 Å². The third kappa shape index (κ3) is 4.85. The molecular formula is C18H19FN6O. The van der Waals surface area contributed by atoms with E-state index in [0.29, 0.717) is 24.7 Å². The van der Waals surface area contributed by atoms with Crippen molar-refractivity contribution in [3.8, 4) is 5.82 Å². The average molecular weight is 354 g/mol. The topological polar surface area (TPSA) is 84.7 Å². The van der Waals surface area contributed by atoms with Gasteiger partial charge in [-0.1, -0.05) is 12.1 Å². The first kappa shape index (κ1) is 17.5. The first-order valence-corrected chi connectivity index (χ1v) is 8.21. The fourth-order valence-electron chi connectivity index (χ4n) is 2.33. The highest BCUT2D eigenvalue weighted by atomic mass is 19.1. The van der Waals surface area contributed by atoms with Crippen molar-refractivity contribution < 1.29 is 9.18 Å². The summed E-state index contributed by atoms with van der Waals surface area (Å²) in [5, 5.41) is 18.4. The first-order chi connectivity index (χ1) is 12.6. The number of aromatic nitrogens is 4. The molecule has 0 aliphatic rings. The molecule has 3 rings (SSSR count). The number of hydrogen-bond acceptors (Lipinski definition) is 5. The molecule has 0 spiro atoms. The summed E-state index contributed by atoms with van der Waals surface area (Å²) in [7, 11) is 0. The SMILES string of the molecule is Cc1ccn(-c2ccc(NCCNC(=O)Cc3ccc(F)cc3)nn2)n1. The highest BCUT2D eigenvalue weighted by Crippen LogP contribution is 2.06. The molecule has 0 aliphatic heterocycles. The molecule has 8 heteroatoms. The molecule has 134 valence electrons. The molecule has 0 atom stereocenters. The van der Waals surface area contributed by atoms with E-state index in [1.165, 1.54) is 12.1 Å². The fourth-order valence-corrected chi connectivity index (χ4v) is 2.33. The summed E-state index contributed by atoms with van der Waals surface area (Å²) >= 11 is 0. The molecule has 0 unspecified atom stereocenters. The Morgan fingerprint density at radius 3 is 2.54 bits per heavy atom. The number of benzene rings is 1. The number of hydrogen-bond donors (Lipinski definition) is 2. The normalized spacial score (nSPS) is 10.5. The molecule has 3 aromatic rings. The van der Waals surface area contributed by atoms with Crippen molar-refractivity contribution in [2.24, 2.45) is 0 Å². The lowest BCUT2D eigenvalue weighted by Crippen LogP contribution is -2.30. The quantitative estimate of drug-likeness (QED) is 0.633. The van der Waals surface area contributed by atoms with E-state index in [0.717, 1.165) is 11.3 Å². The van der Waals surface area contributed by atoms with Gasteiger partial charge >= 0.3 is 0 Å². The summed E-state index contributed by atoms with van der Waals surface area (Å²) in [5.74, 6) is 0.823. The number of nitrogens with one attached hydrogen (secondary N) is 2. The predicted molar refractivity (Wildman–Crippen MR) is 95.5 cm³/mol. The number of nitrogens with zero attached hydrogens (tertiary/aromatic N) is 4. The van der Waals surface area contributed by atoms with Gasteiger partial charge in [-0.15, -0.1) is 10.2 Å². The van der Waals surface area contributed by atoms with Crippen LogP contribution in [0.5, 0.6) is 0 Å². The molecule has 2 heterocycles. The van der Waals surface area contributed by atoms with Crippen molar-refractivity contribution in [1.29, 1.82) is 0 Å². The summed E-state index contributed by atoms with van der Waals surface area (Å²) < 4.78 is 14.5. The Labute approximate surface area is 150 Å². The Bertz CT molecular complexity index is 860. The van der Waals surface area contributed by atoms with Gasteiger partial charge in [0.05, 0.1) is 12.1 Å². The van der Waals surface area contributed by atoms with Gasteiger partial charge in [0, 0.05) is 19.3 Å². The van der Waals surface area contributed by atoms with Crippen molar-refractivity contribution in [2.75, 3.05) is 18.4 Å². The Kier molecular flexibility index (Phi) is 5.52. The summed E-state index contributed by atoms with van der Waals surface area (Å²) in [6.07, 6.45) is 2.04. The third-order valence-corrected chi connectivity index (χ3v) is 3.64. The summed E-state index contributed by atoms with van der Waals surface area (Å²) in [6.45, 7) is 2.87. The number of carbonyl (C=O) groups excluding carboxylic acids is 1. The van der Waals surface area contributed by atoms with E-state index in [2.05, 4.69) is 25.9 Å². The average Bonchev–Trinajstić information content (AvgIpc) is 3.08. The van der Waals surface area contributed by atoms with Gasteiger partial charge < -0.3 is 10.6 Å². The van der Waals surface area contributed by atoms with Crippen molar-refractivity contribution in [3.05, 3.63) is 65.7 Å².